The van der Waals surface area contributed by atoms with Crippen molar-refractivity contribution >= 4 is 17.5 Å². The summed E-state index contributed by atoms with van der Waals surface area (Å²) >= 11 is 5.87. The van der Waals surface area contributed by atoms with Gasteiger partial charge >= 0.3 is 0 Å². The third kappa shape index (κ3) is 4.93. The quantitative estimate of drug-likeness (QED) is 0.884. The van der Waals surface area contributed by atoms with Crippen LogP contribution in [0.2, 0.25) is 5.02 Å². The molecule has 0 aliphatic carbocycles. The number of hydrogen-bond acceptors (Lipinski definition) is 3. The van der Waals surface area contributed by atoms with Gasteiger partial charge in [0.1, 0.15) is 0 Å². The van der Waals surface area contributed by atoms with Crippen LogP contribution in [0.3, 0.4) is 0 Å². The lowest BCUT2D eigenvalue weighted by molar-refractivity contribution is -0.122. The summed E-state index contributed by atoms with van der Waals surface area (Å²) in [6.45, 7) is 4.21. The molecule has 0 spiro atoms. The first-order valence-corrected chi connectivity index (χ1v) is 8.01. The van der Waals surface area contributed by atoms with Crippen molar-refractivity contribution in [2.75, 3.05) is 0 Å². The molecule has 1 aromatic carbocycles. The molecule has 0 bridgehead atoms. The zero-order chi connectivity index (χ0) is 16.8. The van der Waals surface area contributed by atoms with Crippen LogP contribution < -0.4 is 10.9 Å². The van der Waals surface area contributed by atoms with E-state index in [-0.39, 0.29) is 30.5 Å². The average Bonchev–Trinajstić information content (AvgIpc) is 2.54. The van der Waals surface area contributed by atoms with Gasteiger partial charge in [-0.25, -0.2) is 4.68 Å². The van der Waals surface area contributed by atoms with E-state index in [1.807, 2.05) is 26.0 Å². The van der Waals surface area contributed by atoms with E-state index in [2.05, 4.69) is 10.4 Å². The molecule has 1 unspecified atom stereocenters. The van der Waals surface area contributed by atoms with Gasteiger partial charge in [0, 0.05) is 29.1 Å². The molecule has 1 atom stereocenters. The van der Waals surface area contributed by atoms with Crippen molar-refractivity contribution in [3.8, 4) is 11.3 Å². The first-order valence-electron chi connectivity index (χ1n) is 7.63. The molecule has 23 heavy (non-hydrogen) atoms. The van der Waals surface area contributed by atoms with Gasteiger partial charge in [-0.3, -0.25) is 9.59 Å². The Bertz CT molecular complexity index is 725. The van der Waals surface area contributed by atoms with Gasteiger partial charge < -0.3 is 5.32 Å². The van der Waals surface area contributed by atoms with Gasteiger partial charge in [-0.15, -0.1) is 0 Å². The first-order chi connectivity index (χ1) is 11.0. The van der Waals surface area contributed by atoms with Crippen LogP contribution in [0.25, 0.3) is 11.3 Å². The molecular formula is C17H20ClN3O2. The summed E-state index contributed by atoms with van der Waals surface area (Å²) in [5.74, 6) is -0.0788. The number of aromatic nitrogens is 2. The van der Waals surface area contributed by atoms with Crippen LogP contribution in [-0.4, -0.2) is 21.7 Å². The molecule has 1 aromatic heterocycles. The number of aryl methyl sites for hydroxylation is 1. The Hall–Kier alpha value is -2.14. The molecule has 0 radical (unpaired) electrons. The molecule has 0 fully saturated rings. The molecule has 0 saturated heterocycles. The number of carbonyl (C=O) groups is 1. The number of halogens is 1. The van der Waals surface area contributed by atoms with Crippen molar-refractivity contribution in [2.24, 2.45) is 0 Å². The van der Waals surface area contributed by atoms with Gasteiger partial charge in [0.05, 0.1) is 12.2 Å². The molecule has 122 valence electrons. The summed E-state index contributed by atoms with van der Waals surface area (Å²) in [4.78, 5) is 23.7. The van der Waals surface area contributed by atoms with Crippen molar-refractivity contribution in [2.45, 2.75) is 39.3 Å². The van der Waals surface area contributed by atoms with E-state index in [9.17, 15) is 9.59 Å². The highest BCUT2D eigenvalue weighted by atomic mass is 35.5. The van der Waals surface area contributed by atoms with E-state index in [1.165, 1.54) is 10.7 Å². The average molecular weight is 334 g/mol. The molecular weight excluding hydrogens is 314 g/mol. The first kappa shape index (κ1) is 17.2. The predicted molar refractivity (Wildman–Crippen MR) is 91.5 cm³/mol. The maximum Gasteiger partial charge on any atom is 0.266 e. The van der Waals surface area contributed by atoms with Crippen LogP contribution >= 0.6 is 11.6 Å². The number of rotatable bonds is 6. The van der Waals surface area contributed by atoms with E-state index in [1.54, 1.807) is 18.2 Å². The Balaban J connectivity index is 2.10. The number of amides is 1. The maximum absolute atomic E-state index is 11.9. The molecule has 2 rings (SSSR count). The molecule has 0 aliphatic heterocycles. The Morgan fingerprint density at radius 1 is 1.26 bits per heavy atom. The van der Waals surface area contributed by atoms with Crippen LogP contribution in [0.5, 0.6) is 0 Å². The molecule has 0 saturated carbocycles. The topological polar surface area (TPSA) is 64.0 Å². The van der Waals surface area contributed by atoms with Crippen LogP contribution in [0, 0.1) is 0 Å². The maximum atomic E-state index is 11.9. The highest BCUT2D eigenvalue weighted by Crippen LogP contribution is 2.18. The summed E-state index contributed by atoms with van der Waals surface area (Å²) in [6, 6.07) is 10.5. The highest BCUT2D eigenvalue weighted by Gasteiger charge is 2.08. The number of nitrogens with zero attached hydrogens (tertiary/aromatic N) is 2. The molecule has 5 nitrogen and oxygen atoms in total. The normalized spacial score (nSPS) is 12.0. The van der Waals surface area contributed by atoms with Crippen molar-refractivity contribution in [1.29, 1.82) is 0 Å². The second-order valence-corrected chi connectivity index (χ2v) is 5.85. The summed E-state index contributed by atoms with van der Waals surface area (Å²) in [5.41, 5.74) is 1.31. The molecule has 1 heterocycles. The van der Waals surface area contributed by atoms with E-state index in [0.717, 1.165) is 12.0 Å². The van der Waals surface area contributed by atoms with Gasteiger partial charge in [0.15, 0.2) is 0 Å². The van der Waals surface area contributed by atoms with Crippen LogP contribution in [0.4, 0.5) is 0 Å². The van der Waals surface area contributed by atoms with Crippen molar-refractivity contribution < 1.29 is 4.79 Å². The SMILES string of the molecule is CCC(C)NC(=O)CCn1nc(-c2ccc(Cl)cc2)ccc1=O. The van der Waals surface area contributed by atoms with Gasteiger partial charge in [0.2, 0.25) is 5.91 Å². The summed E-state index contributed by atoms with van der Waals surface area (Å²) < 4.78 is 1.32. The Morgan fingerprint density at radius 3 is 2.61 bits per heavy atom. The van der Waals surface area contributed by atoms with Crippen LogP contribution in [0.1, 0.15) is 26.7 Å². The van der Waals surface area contributed by atoms with Gasteiger partial charge in [-0.1, -0.05) is 30.7 Å². The van der Waals surface area contributed by atoms with Crippen LogP contribution in [-0.2, 0) is 11.3 Å². The minimum Gasteiger partial charge on any atom is -0.354 e. The number of nitrogens with one attached hydrogen (secondary N) is 1. The van der Waals surface area contributed by atoms with E-state index < -0.39 is 0 Å². The van der Waals surface area contributed by atoms with Gasteiger partial charge in [-0.2, -0.15) is 5.10 Å². The third-order valence-electron chi connectivity index (χ3n) is 3.58. The Labute approximate surface area is 140 Å². The fourth-order valence-corrected chi connectivity index (χ4v) is 2.17. The van der Waals surface area contributed by atoms with Crippen LogP contribution in [0.15, 0.2) is 41.2 Å². The lowest BCUT2D eigenvalue weighted by Gasteiger charge is -2.12. The smallest absolute Gasteiger partial charge is 0.266 e. The summed E-state index contributed by atoms with van der Waals surface area (Å²) in [6.07, 6.45) is 1.09. The minimum absolute atomic E-state index is 0.0788. The number of benzene rings is 1. The second kappa shape index (κ2) is 7.92. The predicted octanol–water partition coefficient (Wildman–Crippen LogP) is 2.87. The monoisotopic (exact) mass is 333 g/mol. The van der Waals surface area contributed by atoms with Crippen molar-refractivity contribution in [3.63, 3.8) is 0 Å². The van der Waals surface area contributed by atoms with Gasteiger partial charge in [-0.05, 0) is 31.5 Å². The minimum atomic E-state index is -0.223. The third-order valence-corrected chi connectivity index (χ3v) is 3.83. The second-order valence-electron chi connectivity index (χ2n) is 5.41. The van der Waals surface area contributed by atoms with Crippen molar-refractivity contribution in [1.82, 2.24) is 15.1 Å². The highest BCUT2D eigenvalue weighted by molar-refractivity contribution is 6.30. The molecule has 6 heteroatoms. The molecule has 2 aromatic rings. The number of carbonyl (C=O) groups excluding carboxylic acids is 1. The molecule has 0 aliphatic rings. The largest absolute Gasteiger partial charge is 0.354 e. The Morgan fingerprint density at radius 2 is 1.96 bits per heavy atom. The van der Waals surface area contributed by atoms with E-state index in [4.69, 9.17) is 11.6 Å². The summed E-state index contributed by atoms with van der Waals surface area (Å²) in [7, 11) is 0. The zero-order valence-corrected chi connectivity index (χ0v) is 14.0. The lowest BCUT2D eigenvalue weighted by atomic mass is 10.1. The summed E-state index contributed by atoms with van der Waals surface area (Å²) in [5, 5.41) is 7.84. The zero-order valence-electron chi connectivity index (χ0n) is 13.3. The standard InChI is InChI=1S/C17H20ClN3O2/c1-3-12(2)19-16(22)10-11-21-17(23)9-8-15(20-21)13-4-6-14(18)7-5-13/h4-9,12H,3,10-11H2,1-2H3,(H,19,22). The lowest BCUT2D eigenvalue weighted by Crippen LogP contribution is -2.33. The van der Waals surface area contributed by atoms with E-state index in [0.29, 0.717) is 10.7 Å². The molecule has 1 amide bonds. The van der Waals surface area contributed by atoms with E-state index >= 15 is 0 Å². The van der Waals surface area contributed by atoms with Crippen molar-refractivity contribution in [3.05, 3.63) is 51.8 Å². The Kier molecular flexibility index (Phi) is 5.93. The number of hydrogen-bond donors (Lipinski definition) is 1. The fraction of sp³-hybridized carbons (Fsp3) is 0.353. The fourth-order valence-electron chi connectivity index (χ4n) is 2.04. The van der Waals surface area contributed by atoms with Gasteiger partial charge in [0.25, 0.3) is 5.56 Å². The molecule has 1 N–H and O–H groups in total.